The topological polar surface area (TPSA) is 59.2 Å². The molecule has 0 saturated carbocycles. The summed E-state index contributed by atoms with van der Waals surface area (Å²) >= 11 is 5.94. The van der Waals surface area contributed by atoms with Gasteiger partial charge in [0.1, 0.15) is 0 Å². The Morgan fingerprint density at radius 1 is 1.17 bits per heavy atom. The molecule has 1 saturated heterocycles. The summed E-state index contributed by atoms with van der Waals surface area (Å²) in [5.74, 6) is -0.138. The molecule has 0 radical (unpaired) electrons. The van der Waals surface area contributed by atoms with Crippen molar-refractivity contribution in [2.24, 2.45) is 11.7 Å². The van der Waals surface area contributed by atoms with Gasteiger partial charge in [0.15, 0.2) is 0 Å². The van der Waals surface area contributed by atoms with Crippen molar-refractivity contribution in [2.45, 2.75) is 19.4 Å². The van der Waals surface area contributed by atoms with Gasteiger partial charge < -0.3 is 5.73 Å². The highest BCUT2D eigenvalue weighted by atomic mass is 35.5. The molecule has 0 aliphatic carbocycles. The maximum atomic E-state index is 11.2. The van der Waals surface area contributed by atoms with E-state index < -0.39 is 0 Å². The van der Waals surface area contributed by atoms with Crippen LogP contribution in [0.1, 0.15) is 18.4 Å². The number of rotatable bonds is 4. The minimum Gasteiger partial charge on any atom is -0.369 e. The molecule has 0 atom stereocenters. The number of hydrogen-bond acceptors (Lipinski definition) is 3. The van der Waals surface area contributed by atoms with Crippen LogP contribution in [-0.4, -0.2) is 28.9 Å². The molecule has 5 heteroatoms. The molecule has 2 N–H and O–H groups in total. The van der Waals surface area contributed by atoms with Crippen LogP contribution in [0.4, 0.5) is 0 Å². The lowest BCUT2D eigenvalue weighted by atomic mass is 9.96. The predicted molar refractivity (Wildman–Crippen MR) is 91.9 cm³/mol. The lowest BCUT2D eigenvalue weighted by Crippen LogP contribution is -2.38. The zero-order valence-electron chi connectivity index (χ0n) is 12.9. The summed E-state index contributed by atoms with van der Waals surface area (Å²) in [6.07, 6.45) is 5.46. The number of carbonyl (C=O) groups excluding carboxylic acids is 1. The summed E-state index contributed by atoms with van der Waals surface area (Å²) in [5, 5.41) is 0.732. The first-order valence-electron chi connectivity index (χ1n) is 7.83. The van der Waals surface area contributed by atoms with Crippen molar-refractivity contribution in [3.63, 3.8) is 0 Å². The fourth-order valence-corrected chi connectivity index (χ4v) is 3.13. The number of aromatic nitrogens is 1. The van der Waals surface area contributed by atoms with Crippen molar-refractivity contribution < 1.29 is 4.79 Å². The molecule has 1 fully saturated rings. The van der Waals surface area contributed by atoms with Crippen LogP contribution in [0.5, 0.6) is 0 Å². The van der Waals surface area contributed by atoms with Gasteiger partial charge in [-0.3, -0.25) is 14.7 Å². The van der Waals surface area contributed by atoms with E-state index in [4.69, 9.17) is 17.3 Å². The molecule has 3 rings (SSSR count). The molecule has 23 heavy (non-hydrogen) atoms. The maximum absolute atomic E-state index is 11.2. The molecule has 120 valence electrons. The Kier molecular flexibility index (Phi) is 4.94. The third-order valence-electron chi connectivity index (χ3n) is 4.37. The van der Waals surface area contributed by atoms with Crippen LogP contribution < -0.4 is 5.73 Å². The van der Waals surface area contributed by atoms with Crippen LogP contribution in [0.3, 0.4) is 0 Å². The number of halogens is 1. The minimum absolute atomic E-state index is 0.0322. The highest BCUT2D eigenvalue weighted by Gasteiger charge is 2.23. The number of amides is 1. The highest BCUT2D eigenvalue weighted by Crippen LogP contribution is 2.23. The van der Waals surface area contributed by atoms with E-state index in [0.29, 0.717) is 0 Å². The van der Waals surface area contributed by atoms with Crippen LogP contribution in [-0.2, 0) is 11.3 Å². The van der Waals surface area contributed by atoms with E-state index in [9.17, 15) is 4.79 Å². The average Bonchev–Trinajstić information content (AvgIpc) is 2.56. The summed E-state index contributed by atoms with van der Waals surface area (Å²) in [7, 11) is 0. The van der Waals surface area contributed by atoms with Gasteiger partial charge in [0.05, 0.1) is 0 Å². The third kappa shape index (κ3) is 4.09. The first kappa shape index (κ1) is 16.0. The number of piperidine rings is 1. The fourth-order valence-electron chi connectivity index (χ4n) is 3.01. The van der Waals surface area contributed by atoms with Crippen molar-refractivity contribution >= 4 is 17.5 Å². The summed E-state index contributed by atoms with van der Waals surface area (Å²) < 4.78 is 0. The number of nitrogens with zero attached hydrogens (tertiary/aromatic N) is 2. The normalized spacial score (nSPS) is 16.4. The van der Waals surface area contributed by atoms with E-state index in [1.165, 1.54) is 5.56 Å². The standard InChI is InChI=1S/C18H20ClN3O/c19-17-3-1-14(2-4-17)16-9-13(10-21-11-16)12-22-7-5-15(6-8-22)18(20)23/h1-4,9-11,15H,5-8,12H2,(H2,20,23). The Balaban J connectivity index is 1.66. The average molecular weight is 330 g/mol. The van der Waals surface area contributed by atoms with Crippen LogP contribution in [0.25, 0.3) is 11.1 Å². The quantitative estimate of drug-likeness (QED) is 0.937. The van der Waals surface area contributed by atoms with Crippen molar-refractivity contribution in [1.29, 1.82) is 0 Å². The van der Waals surface area contributed by atoms with Gasteiger partial charge in [-0.1, -0.05) is 23.7 Å². The second kappa shape index (κ2) is 7.11. The summed E-state index contributed by atoms with van der Waals surface area (Å²) in [6.45, 7) is 2.65. The molecule has 2 aromatic rings. The summed E-state index contributed by atoms with van der Waals surface area (Å²) in [5.41, 5.74) is 8.76. The Bertz CT molecular complexity index is 679. The molecule has 1 amide bonds. The number of pyridine rings is 1. The third-order valence-corrected chi connectivity index (χ3v) is 4.62. The predicted octanol–water partition coefficient (Wildman–Crippen LogP) is 3.10. The SMILES string of the molecule is NC(=O)C1CCN(Cc2cncc(-c3ccc(Cl)cc3)c2)CC1. The van der Waals surface area contributed by atoms with Crippen LogP contribution >= 0.6 is 11.6 Å². The van der Waals surface area contributed by atoms with E-state index in [2.05, 4.69) is 16.0 Å². The van der Waals surface area contributed by atoms with Gasteiger partial charge in [-0.2, -0.15) is 0 Å². The molecule has 0 unspecified atom stereocenters. The number of hydrogen-bond donors (Lipinski definition) is 1. The second-order valence-corrected chi connectivity index (χ2v) is 6.48. The molecular weight excluding hydrogens is 310 g/mol. The van der Waals surface area contributed by atoms with E-state index in [1.807, 2.05) is 36.7 Å². The van der Waals surface area contributed by atoms with Gasteiger partial charge in [-0.15, -0.1) is 0 Å². The Labute approximate surface area is 141 Å². The van der Waals surface area contributed by atoms with E-state index >= 15 is 0 Å². The molecule has 1 aromatic heterocycles. The molecule has 0 bridgehead atoms. The second-order valence-electron chi connectivity index (χ2n) is 6.04. The van der Waals surface area contributed by atoms with Crippen molar-refractivity contribution in [3.8, 4) is 11.1 Å². The monoisotopic (exact) mass is 329 g/mol. The molecule has 4 nitrogen and oxygen atoms in total. The van der Waals surface area contributed by atoms with Crippen molar-refractivity contribution in [3.05, 3.63) is 53.3 Å². The lowest BCUT2D eigenvalue weighted by molar-refractivity contribution is -0.123. The Morgan fingerprint density at radius 2 is 1.87 bits per heavy atom. The molecule has 0 spiro atoms. The zero-order chi connectivity index (χ0) is 16.2. The van der Waals surface area contributed by atoms with Gasteiger partial charge in [0, 0.05) is 35.4 Å². The Hall–Kier alpha value is -1.91. The molecule has 1 aliphatic rings. The van der Waals surface area contributed by atoms with Gasteiger partial charge in [0.25, 0.3) is 0 Å². The summed E-state index contributed by atoms with van der Waals surface area (Å²) in [4.78, 5) is 17.9. The van der Waals surface area contributed by atoms with Crippen molar-refractivity contribution in [2.75, 3.05) is 13.1 Å². The number of primary amides is 1. The van der Waals surface area contributed by atoms with Gasteiger partial charge in [-0.25, -0.2) is 0 Å². The van der Waals surface area contributed by atoms with Gasteiger partial charge in [0.2, 0.25) is 5.91 Å². The molecule has 1 aromatic carbocycles. The lowest BCUT2D eigenvalue weighted by Gasteiger charge is -2.30. The largest absolute Gasteiger partial charge is 0.369 e. The van der Waals surface area contributed by atoms with E-state index in [1.54, 1.807) is 0 Å². The first-order valence-corrected chi connectivity index (χ1v) is 8.21. The van der Waals surface area contributed by atoms with Crippen LogP contribution in [0.15, 0.2) is 42.7 Å². The zero-order valence-corrected chi connectivity index (χ0v) is 13.7. The first-order chi connectivity index (χ1) is 11.1. The smallest absolute Gasteiger partial charge is 0.220 e. The number of likely N-dealkylation sites (tertiary alicyclic amines) is 1. The molecule has 2 heterocycles. The van der Waals surface area contributed by atoms with Gasteiger partial charge in [-0.05, 0) is 55.3 Å². The fraction of sp³-hybridized carbons (Fsp3) is 0.333. The van der Waals surface area contributed by atoms with E-state index in [0.717, 1.165) is 48.6 Å². The molecule has 1 aliphatic heterocycles. The van der Waals surface area contributed by atoms with E-state index in [-0.39, 0.29) is 11.8 Å². The highest BCUT2D eigenvalue weighted by molar-refractivity contribution is 6.30. The number of carbonyl (C=O) groups is 1. The van der Waals surface area contributed by atoms with Gasteiger partial charge >= 0.3 is 0 Å². The minimum atomic E-state index is -0.170. The van der Waals surface area contributed by atoms with Crippen LogP contribution in [0, 0.1) is 5.92 Å². The molecular formula is C18H20ClN3O. The Morgan fingerprint density at radius 3 is 2.52 bits per heavy atom. The maximum Gasteiger partial charge on any atom is 0.220 e. The van der Waals surface area contributed by atoms with Crippen LogP contribution in [0.2, 0.25) is 5.02 Å². The number of nitrogens with two attached hydrogens (primary N) is 1. The summed E-state index contributed by atoms with van der Waals surface area (Å²) in [6, 6.07) is 9.94. The van der Waals surface area contributed by atoms with Crippen molar-refractivity contribution in [1.82, 2.24) is 9.88 Å². The number of benzene rings is 1.